The van der Waals surface area contributed by atoms with Gasteiger partial charge < -0.3 is 15.4 Å². The van der Waals surface area contributed by atoms with Gasteiger partial charge in [0.1, 0.15) is 12.3 Å². The molecule has 2 heterocycles. The van der Waals surface area contributed by atoms with Crippen LogP contribution in [0.15, 0.2) is 46.7 Å². The van der Waals surface area contributed by atoms with Crippen molar-refractivity contribution in [3.63, 3.8) is 0 Å². The molecule has 0 atom stereocenters. The Morgan fingerprint density at radius 1 is 1.20 bits per heavy atom. The van der Waals surface area contributed by atoms with Gasteiger partial charge >= 0.3 is 0 Å². The van der Waals surface area contributed by atoms with Gasteiger partial charge in [0.05, 0.1) is 12.0 Å². The second-order valence-electron chi connectivity index (χ2n) is 6.24. The van der Waals surface area contributed by atoms with E-state index in [-0.39, 0.29) is 17.9 Å². The smallest absolute Gasteiger partial charge is 0.294 e. The maximum atomic E-state index is 13.0. The third-order valence-electron chi connectivity index (χ3n) is 4.25. The Bertz CT molecular complexity index is 986. The van der Waals surface area contributed by atoms with Crippen molar-refractivity contribution in [1.29, 1.82) is 0 Å². The molecular formula is C20H19N3O5S2. The second-order valence-corrected chi connectivity index (χ2v) is 8.22. The number of rotatable bonds is 8. The van der Waals surface area contributed by atoms with Crippen LogP contribution in [0.5, 0.6) is 5.75 Å². The number of anilines is 1. The van der Waals surface area contributed by atoms with Gasteiger partial charge in [-0.05, 0) is 53.5 Å². The molecule has 2 aromatic rings. The third kappa shape index (κ3) is 5.08. The summed E-state index contributed by atoms with van der Waals surface area (Å²) >= 11 is 2.24. The summed E-state index contributed by atoms with van der Waals surface area (Å²) < 4.78 is 5.11. The maximum absolute atomic E-state index is 13.0. The fourth-order valence-corrected chi connectivity index (χ4v) is 4.30. The number of hydrogen-bond acceptors (Lipinski definition) is 7. The summed E-state index contributed by atoms with van der Waals surface area (Å²) in [6.07, 6.45) is 1.58. The third-order valence-corrected chi connectivity index (χ3v) is 5.98. The number of amides is 4. The summed E-state index contributed by atoms with van der Waals surface area (Å²) in [5, 5.41) is 1.35. The molecule has 156 valence electrons. The van der Waals surface area contributed by atoms with Gasteiger partial charge in [0.25, 0.3) is 11.1 Å². The number of nitrogens with two attached hydrogens (primary N) is 1. The predicted molar refractivity (Wildman–Crippen MR) is 116 cm³/mol. The number of thioether (sulfide) groups is 1. The van der Waals surface area contributed by atoms with E-state index in [0.717, 1.165) is 21.5 Å². The number of methoxy groups -OCH3 is 1. The number of carbonyl (C=O) groups excluding carboxylic acids is 4. The Balaban J connectivity index is 1.77. The van der Waals surface area contributed by atoms with Gasteiger partial charge in [0, 0.05) is 23.5 Å². The molecule has 10 heteroatoms. The van der Waals surface area contributed by atoms with Crippen molar-refractivity contribution in [2.75, 3.05) is 25.1 Å². The Kier molecular flexibility index (Phi) is 6.91. The van der Waals surface area contributed by atoms with Gasteiger partial charge in [0.2, 0.25) is 11.8 Å². The van der Waals surface area contributed by atoms with Gasteiger partial charge in [-0.1, -0.05) is 6.07 Å². The summed E-state index contributed by atoms with van der Waals surface area (Å²) in [4.78, 5) is 52.5. The average molecular weight is 446 g/mol. The number of ether oxygens (including phenoxy) is 1. The standard InChI is InChI=1S/C20H19N3O5S2/c1-28-14-6-4-13(5-7-14)22(9-8-17(21)24)18(25)12-23-19(26)16(30-20(23)27)11-15-3-2-10-29-15/h2-7,10-11H,8-9,12H2,1H3,(H2,21,24)/b16-11-. The van der Waals surface area contributed by atoms with E-state index < -0.39 is 29.5 Å². The van der Waals surface area contributed by atoms with Crippen LogP contribution in [0.2, 0.25) is 0 Å². The van der Waals surface area contributed by atoms with E-state index in [2.05, 4.69) is 0 Å². The quantitative estimate of drug-likeness (QED) is 0.626. The van der Waals surface area contributed by atoms with E-state index in [0.29, 0.717) is 11.4 Å². The van der Waals surface area contributed by atoms with Crippen LogP contribution in [-0.2, 0) is 14.4 Å². The fraction of sp³-hybridized carbons (Fsp3) is 0.200. The van der Waals surface area contributed by atoms with Gasteiger partial charge in [0.15, 0.2) is 0 Å². The van der Waals surface area contributed by atoms with Crippen molar-refractivity contribution < 1.29 is 23.9 Å². The van der Waals surface area contributed by atoms with E-state index in [9.17, 15) is 19.2 Å². The zero-order chi connectivity index (χ0) is 21.7. The zero-order valence-electron chi connectivity index (χ0n) is 16.1. The Morgan fingerprint density at radius 3 is 2.53 bits per heavy atom. The van der Waals surface area contributed by atoms with Gasteiger partial charge in [-0.25, -0.2) is 0 Å². The first-order valence-electron chi connectivity index (χ1n) is 8.90. The van der Waals surface area contributed by atoms with Crippen molar-refractivity contribution in [1.82, 2.24) is 4.90 Å². The summed E-state index contributed by atoms with van der Waals surface area (Å²) in [5.74, 6) is -0.977. The molecule has 8 nitrogen and oxygen atoms in total. The molecule has 0 unspecified atom stereocenters. The number of hydrogen-bond donors (Lipinski definition) is 1. The molecule has 0 saturated carbocycles. The first-order valence-corrected chi connectivity index (χ1v) is 10.6. The van der Waals surface area contributed by atoms with Crippen LogP contribution < -0.4 is 15.4 Å². The molecule has 30 heavy (non-hydrogen) atoms. The zero-order valence-corrected chi connectivity index (χ0v) is 17.7. The van der Waals surface area contributed by atoms with Crippen LogP contribution in [0.25, 0.3) is 6.08 Å². The molecule has 3 rings (SSSR count). The molecule has 1 aromatic carbocycles. The first kappa shape index (κ1) is 21.6. The Labute approximate surface area is 181 Å². The molecule has 1 aliphatic heterocycles. The summed E-state index contributed by atoms with van der Waals surface area (Å²) in [6.45, 7) is -0.404. The van der Waals surface area contributed by atoms with Gasteiger partial charge in [-0.15, -0.1) is 11.3 Å². The number of carbonyl (C=O) groups is 4. The molecule has 4 amide bonds. The van der Waals surface area contributed by atoms with Crippen molar-refractivity contribution in [3.8, 4) is 5.75 Å². The molecule has 2 N–H and O–H groups in total. The van der Waals surface area contributed by atoms with E-state index in [1.807, 2.05) is 17.5 Å². The SMILES string of the molecule is COc1ccc(N(CCC(N)=O)C(=O)CN2C(=O)S/C(=C\c3cccs3)C2=O)cc1. The Hall–Kier alpha value is -3.11. The molecule has 1 saturated heterocycles. The number of benzene rings is 1. The highest BCUT2D eigenvalue weighted by atomic mass is 32.2. The molecule has 0 aliphatic carbocycles. The summed E-state index contributed by atoms with van der Waals surface area (Å²) in [7, 11) is 1.52. The first-order chi connectivity index (χ1) is 14.4. The van der Waals surface area contributed by atoms with Crippen LogP contribution in [0.3, 0.4) is 0 Å². The highest BCUT2D eigenvalue weighted by molar-refractivity contribution is 8.18. The van der Waals surface area contributed by atoms with Gasteiger partial charge in [-0.3, -0.25) is 24.1 Å². The lowest BCUT2D eigenvalue weighted by molar-refractivity contribution is -0.128. The molecule has 1 aliphatic rings. The maximum Gasteiger partial charge on any atom is 0.294 e. The second kappa shape index (κ2) is 9.59. The van der Waals surface area contributed by atoms with Crippen LogP contribution in [0.1, 0.15) is 11.3 Å². The monoisotopic (exact) mass is 445 g/mol. The number of primary amides is 1. The van der Waals surface area contributed by atoms with Crippen LogP contribution in [0, 0.1) is 0 Å². The van der Waals surface area contributed by atoms with E-state index >= 15 is 0 Å². The number of thiophene rings is 1. The minimum atomic E-state index is -0.564. The Morgan fingerprint density at radius 2 is 1.93 bits per heavy atom. The van der Waals surface area contributed by atoms with Crippen LogP contribution in [-0.4, -0.2) is 48.1 Å². The lowest BCUT2D eigenvalue weighted by atomic mass is 10.2. The van der Waals surface area contributed by atoms with E-state index in [1.165, 1.54) is 23.3 Å². The normalized spacial score (nSPS) is 15.0. The summed E-state index contributed by atoms with van der Waals surface area (Å²) in [6, 6.07) is 10.3. The van der Waals surface area contributed by atoms with Crippen molar-refractivity contribution >= 4 is 57.8 Å². The molecule has 1 aromatic heterocycles. The molecule has 0 radical (unpaired) electrons. The number of imide groups is 1. The minimum absolute atomic E-state index is 0.0295. The lowest BCUT2D eigenvalue weighted by Crippen LogP contribution is -2.43. The largest absolute Gasteiger partial charge is 0.497 e. The highest BCUT2D eigenvalue weighted by Crippen LogP contribution is 2.33. The number of nitrogens with zero attached hydrogens (tertiary/aromatic N) is 2. The van der Waals surface area contributed by atoms with Crippen LogP contribution >= 0.6 is 23.1 Å². The molecular weight excluding hydrogens is 426 g/mol. The lowest BCUT2D eigenvalue weighted by Gasteiger charge is -2.24. The van der Waals surface area contributed by atoms with E-state index in [1.54, 1.807) is 30.3 Å². The molecule has 1 fully saturated rings. The molecule has 0 spiro atoms. The van der Waals surface area contributed by atoms with Gasteiger partial charge in [-0.2, -0.15) is 0 Å². The van der Waals surface area contributed by atoms with Crippen molar-refractivity contribution in [3.05, 3.63) is 51.6 Å². The molecule has 0 bridgehead atoms. The predicted octanol–water partition coefficient (Wildman–Crippen LogP) is 2.70. The summed E-state index contributed by atoms with van der Waals surface area (Å²) in [5.41, 5.74) is 5.73. The highest BCUT2D eigenvalue weighted by Gasteiger charge is 2.37. The average Bonchev–Trinajstić information content (AvgIpc) is 3.32. The van der Waals surface area contributed by atoms with Crippen LogP contribution in [0.4, 0.5) is 10.5 Å². The van der Waals surface area contributed by atoms with Crippen molar-refractivity contribution in [2.45, 2.75) is 6.42 Å². The van der Waals surface area contributed by atoms with E-state index in [4.69, 9.17) is 10.5 Å². The minimum Gasteiger partial charge on any atom is -0.497 e. The topological polar surface area (TPSA) is 110 Å². The van der Waals surface area contributed by atoms with Crippen molar-refractivity contribution in [2.24, 2.45) is 5.73 Å². The fourth-order valence-electron chi connectivity index (χ4n) is 2.74.